The summed E-state index contributed by atoms with van der Waals surface area (Å²) in [6, 6.07) is 5.84. The van der Waals surface area contributed by atoms with Crippen LogP contribution in [0.1, 0.15) is 45.1 Å². The van der Waals surface area contributed by atoms with E-state index < -0.39 is 0 Å². The van der Waals surface area contributed by atoms with Crippen LogP contribution in [-0.2, 0) is 6.42 Å². The Morgan fingerprint density at radius 1 is 1.35 bits per heavy atom. The van der Waals surface area contributed by atoms with Gasteiger partial charge in [0.1, 0.15) is 5.82 Å². The molecule has 0 aromatic heterocycles. The molecule has 1 fully saturated rings. The SMILES string of the molecule is CC(N)Cc1cccc(F)c1N(C)C1CCCCC1C. The van der Waals surface area contributed by atoms with Crippen LogP contribution in [-0.4, -0.2) is 19.1 Å². The molecule has 3 heteroatoms. The molecule has 1 saturated carbocycles. The molecule has 0 amide bonds. The Labute approximate surface area is 122 Å². The van der Waals surface area contributed by atoms with E-state index in [9.17, 15) is 4.39 Å². The monoisotopic (exact) mass is 278 g/mol. The molecule has 3 unspecified atom stereocenters. The lowest BCUT2D eigenvalue weighted by Crippen LogP contribution is -2.40. The molecule has 0 heterocycles. The highest BCUT2D eigenvalue weighted by Crippen LogP contribution is 2.33. The highest BCUT2D eigenvalue weighted by atomic mass is 19.1. The fraction of sp³-hybridized carbons (Fsp3) is 0.647. The molecule has 1 aliphatic rings. The quantitative estimate of drug-likeness (QED) is 0.909. The summed E-state index contributed by atoms with van der Waals surface area (Å²) in [5, 5.41) is 0. The highest BCUT2D eigenvalue weighted by molar-refractivity contribution is 5.55. The van der Waals surface area contributed by atoms with E-state index in [2.05, 4.69) is 11.8 Å². The summed E-state index contributed by atoms with van der Waals surface area (Å²) in [5.74, 6) is 0.500. The third-order valence-electron chi connectivity index (χ3n) is 4.53. The van der Waals surface area contributed by atoms with Crippen molar-refractivity contribution < 1.29 is 4.39 Å². The van der Waals surface area contributed by atoms with Crippen molar-refractivity contribution in [2.75, 3.05) is 11.9 Å². The summed E-state index contributed by atoms with van der Waals surface area (Å²) < 4.78 is 14.4. The number of rotatable bonds is 4. The summed E-state index contributed by atoms with van der Waals surface area (Å²) in [6.07, 6.45) is 5.67. The average Bonchev–Trinajstić information content (AvgIpc) is 2.38. The van der Waals surface area contributed by atoms with Gasteiger partial charge >= 0.3 is 0 Å². The Hall–Kier alpha value is -1.09. The molecule has 0 bridgehead atoms. The molecule has 0 spiro atoms. The predicted octanol–water partition coefficient (Wildman–Crippen LogP) is 3.73. The van der Waals surface area contributed by atoms with E-state index in [1.807, 2.05) is 20.0 Å². The minimum absolute atomic E-state index is 0.0488. The minimum Gasteiger partial charge on any atom is -0.369 e. The Morgan fingerprint density at radius 3 is 2.70 bits per heavy atom. The van der Waals surface area contributed by atoms with Crippen LogP contribution in [0.5, 0.6) is 0 Å². The van der Waals surface area contributed by atoms with E-state index in [1.54, 1.807) is 12.1 Å². The molecule has 0 saturated heterocycles. The van der Waals surface area contributed by atoms with Gasteiger partial charge in [0.05, 0.1) is 5.69 Å². The Bertz CT molecular complexity index is 445. The molecule has 0 radical (unpaired) electrons. The molecular formula is C17H27FN2. The molecular weight excluding hydrogens is 251 g/mol. The number of benzene rings is 1. The third-order valence-corrected chi connectivity index (χ3v) is 4.53. The van der Waals surface area contributed by atoms with E-state index in [4.69, 9.17) is 5.73 Å². The van der Waals surface area contributed by atoms with Gasteiger partial charge in [-0.05, 0) is 43.7 Å². The van der Waals surface area contributed by atoms with Crippen LogP contribution in [0.4, 0.5) is 10.1 Å². The van der Waals surface area contributed by atoms with Gasteiger partial charge < -0.3 is 10.6 Å². The first-order chi connectivity index (χ1) is 9.50. The van der Waals surface area contributed by atoms with E-state index in [-0.39, 0.29) is 11.9 Å². The number of halogens is 1. The van der Waals surface area contributed by atoms with Crippen molar-refractivity contribution in [1.82, 2.24) is 0 Å². The van der Waals surface area contributed by atoms with Gasteiger partial charge in [0.25, 0.3) is 0 Å². The van der Waals surface area contributed by atoms with Crippen LogP contribution in [0.15, 0.2) is 18.2 Å². The lowest BCUT2D eigenvalue weighted by molar-refractivity contribution is 0.320. The first-order valence-electron chi connectivity index (χ1n) is 7.76. The van der Waals surface area contributed by atoms with Crippen LogP contribution in [0.3, 0.4) is 0 Å². The third kappa shape index (κ3) is 3.32. The normalized spacial score (nSPS) is 24.4. The first-order valence-corrected chi connectivity index (χ1v) is 7.76. The Balaban J connectivity index is 2.30. The zero-order valence-electron chi connectivity index (χ0n) is 12.9. The maximum Gasteiger partial charge on any atom is 0.146 e. The summed E-state index contributed by atoms with van der Waals surface area (Å²) in [4.78, 5) is 2.16. The Morgan fingerprint density at radius 2 is 2.05 bits per heavy atom. The summed E-state index contributed by atoms with van der Waals surface area (Å²) >= 11 is 0. The lowest BCUT2D eigenvalue weighted by atomic mass is 9.84. The maximum atomic E-state index is 14.4. The number of anilines is 1. The molecule has 1 aromatic carbocycles. The van der Waals surface area contributed by atoms with Gasteiger partial charge in [-0.1, -0.05) is 31.9 Å². The highest BCUT2D eigenvalue weighted by Gasteiger charge is 2.27. The summed E-state index contributed by atoms with van der Waals surface area (Å²) in [6.45, 7) is 4.25. The van der Waals surface area contributed by atoms with Crippen molar-refractivity contribution in [1.29, 1.82) is 0 Å². The number of hydrogen-bond acceptors (Lipinski definition) is 2. The predicted molar refractivity (Wildman–Crippen MR) is 83.6 cm³/mol. The number of para-hydroxylation sites is 1. The molecule has 112 valence electrons. The fourth-order valence-electron chi connectivity index (χ4n) is 3.50. The maximum absolute atomic E-state index is 14.4. The topological polar surface area (TPSA) is 29.3 Å². The zero-order valence-corrected chi connectivity index (χ0v) is 12.9. The summed E-state index contributed by atoms with van der Waals surface area (Å²) in [7, 11) is 2.04. The van der Waals surface area contributed by atoms with Crippen LogP contribution < -0.4 is 10.6 Å². The van der Waals surface area contributed by atoms with Crippen LogP contribution >= 0.6 is 0 Å². The van der Waals surface area contributed by atoms with Crippen molar-refractivity contribution in [2.24, 2.45) is 11.7 Å². The number of nitrogens with zero attached hydrogens (tertiary/aromatic N) is 1. The van der Waals surface area contributed by atoms with E-state index in [0.717, 1.165) is 24.1 Å². The van der Waals surface area contributed by atoms with Crippen LogP contribution in [0.25, 0.3) is 0 Å². The van der Waals surface area contributed by atoms with Gasteiger partial charge in [-0.2, -0.15) is 0 Å². The van der Waals surface area contributed by atoms with Crippen molar-refractivity contribution in [2.45, 2.75) is 58.0 Å². The van der Waals surface area contributed by atoms with Gasteiger partial charge in [0.2, 0.25) is 0 Å². The van der Waals surface area contributed by atoms with Gasteiger partial charge in [-0.25, -0.2) is 4.39 Å². The molecule has 2 N–H and O–H groups in total. The van der Waals surface area contributed by atoms with Crippen molar-refractivity contribution in [3.63, 3.8) is 0 Å². The van der Waals surface area contributed by atoms with Crippen molar-refractivity contribution >= 4 is 5.69 Å². The molecule has 20 heavy (non-hydrogen) atoms. The molecule has 0 aliphatic heterocycles. The molecule has 2 nitrogen and oxygen atoms in total. The molecule has 1 aliphatic carbocycles. The second-order valence-corrected chi connectivity index (χ2v) is 6.37. The lowest BCUT2D eigenvalue weighted by Gasteiger charge is -2.38. The van der Waals surface area contributed by atoms with E-state index in [1.165, 1.54) is 19.3 Å². The van der Waals surface area contributed by atoms with Crippen molar-refractivity contribution in [3.8, 4) is 0 Å². The van der Waals surface area contributed by atoms with Gasteiger partial charge in [-0.15, -0.1) is 0 Å². The smallest absolute Gasteiger partial charge is 0.146 e. The van der Waals surface area contributed by atoms with Gasteiger partial charge in [0, 0.05) is 19.1 Å². The number of hydrogen-bond donors (Lipinski definition) is 1. The minimum atomic E-state index is -0.122. The van der Waals surface area contributed by atoms with Crippen LogP contribution in [0, 0.1) is 11.7 Å². The van der Waals surface area contributed by atoms with E-state index >= 15 is 0 Å². The number of nitrogens with two attached hydrogens (primary N) is 1. The summed E-state index contributed by atoms with van der Waals surface area (Å²) in [5.41, 5.74) is 7.69. The largest absolute Gasteiger partial charge is 0.369 e. The Kier molecular flexibility index (Phi) is 5.03. The van der Waals surface area contributed by atoms with Crippen molar-refractivity contribution in [3.05, 3.63) is 29.6 Å². The zero-order chi connectivity index (χ0) is 14.7. The standard InChI is InChI=1S/C17H27FN2/c1-12-7-4-5-10-16(12)20(3)17-14(11-13(2)19)8-6-9-15(17)18/h6,8-9,12-13,16H,4-5,7,10-11,19H2,1-3H3. The van der Waals surface area contributed by atoms with Gasteiger partial charge in [0.15, 0.2) is 0 Å². The molecule has 2 rings (SSSR count). The molecule has 3 atom stereocenters. The second kappa shape index (κ2) is 6.57. The first kappa shape index (κ1) is 15.3. The second-order valence-electron chi connectivity index (χ2n) is 6.37. The fourth-order valence-corrected chi connectivity index (χ4v) is 3.50. The van der Waals surface area contributed by atoms with Gasteiger partial charge in [-0.3, -0.25) is 0 Å². The van der Waals surface area contributed by atoms with Crippen LogP contribution in [0.2, 0.25) is 0 Å². The molecule has 1 aromatic rings. The average molecular weight is 278 g/mol. The van der Waals surface area contributed by atoms with E-state index in [0.29, 0.717) is 12.0 Å².